The highest BCUT2D eigenvalue weighted by molar-refractivity contribution is 6.62. The van der Waals surface area contributed by atoms with E-state index in [1.54, 1.807) is 0 Å². The molecule has 1 aromatic rings. The van der Waals surface area contributed by atoms with E-state index in [1.165, 1.54) is 6.07 Å². The fourth-order valence-electron chi connectivity index (χ4n) is 2.21. The first kappa shape index (κ1) is 15.5. The van der Waals surface area contributed by atoms with E-state index in [0.29, 0.717) is 11.4 Å². The van der Waals surface area contributed by atoms with E-state index >= 15 is 0 Å². The predicted molar refractivity (Wildman–Crippen MR) is 78.5 cm³/mol. The van der Waals surface area contributed by atoms with Crippen molar-refractivity contribution in [1.29, 1.82) is 0 Å². The Kier molecular flexibility index (Phi) is 3.95. The van der Waals surface area contributed by atoms with Gasteiger partial charge in [0.15, 0.2) is 0 Å². The van der Waals surface area contributed by atoms with E-state index < -0.39 is 24.3 Å². The van der Waals surface area contributed by atoms with E-state index in [9.17, 15) is 4.39 Å². The van der Waals surface area contributed by atoms with Crippen molar-refractivity contribution in [2.45, 2.75) is 59.2 Å². The largest absolute Gasteiger partial charge is 0.495 e. The molecule has 0 atom stereocenters. The number of pyridine rings is 1. The third-order valence-electron chi connectivity index (χ3n) is 4.01. The van der Waals surface area contributed by atoms with Crippen molar-refractivity contribution >= 4 is 12.6 Å². The van der Waals surface area contributed by atoms with Crippen LogP contribution in [0.5, 0.6) is 0 Å². The molecule has 0 aliphatic carbocycles. The lowest BCUT2D eigenvalue weighted by Crippen LogP contribution is -2.41. The SMILES string of the molecule is CC(C)Cc1cc(B2OC(C)(C)C(C)(C)O2)cc(F)n1. The normalized spacial score (nSPS) is 20.7. The molecule has 1 saturated heterocycles. The topological polar surface area (TPSA) is 31.4 Å². The van der Waals surface area contributed by atoms with Gasteiger partial charge in [-0.1, -0.05) is 13.8 Å². The lowest BCUT2D eigenvalue weighted by Gasteiger charge is -2.32. The highest BCUT2D eigenvalue weighted by Gasteiger charge is 2.51. The lowest BCUT2D eigenvalue weighted by molar-refractivity contribution is 0.00578. The van der Waals surface area contributed by atoms with Gasteiger partial charge in [0, 0.05) is 5.69 Å². The van der Waals surface area contributed by atoms with Crippen LogP contribution in [-0.2, 0) is 15.7 Å². The van der Waals surface area contributed by atoms with E-state index in [2.05, 4.69) is 18.8 Å². The third-order valence-corrected chi connectivity index (χ3v) is 4.01. The third kappa shape index (κ3) is 3.04. The van der Waals surface area contributed by atoms with Crippen molar-refractivity contribution in [3.63, 3.8) is 0 Å². The van der Waals surface area contributed by atoms with Crippen LogP contribution < -0.4 is 5.46 Å². The van der Waals surface area contributed by atoms with Crippen molar-refractivity contribution in [1.82, 2.24) is 4.98 Å². The molecule has 2 rings (SSSR count). The fraction of sp³-hybridized carbons (Fsp3) is 0.667. The average Bonchev–Trinajstić information content (AvgIpc) is 2.46. The molecular formula is C15H23BFNO2. The van der Waals surface area contributed by atoms with Gasteiger partial charge >= 0.3 is 7.12 Å². The van der Waals surface area contributed by atoms with Crippen LogP contribution in [0.15, 0.2) is 12.1 Å². The summed E-state index contributed by atoms with van der Waals surface area (Å²) in [6.07, 6.45) is 0.740. The van der Waals surface area contributed by atoms with Gasteiger partial charge in [-0.05, 0) is 57.6 Å². The van der Waals surface area contributed by atoms with Gasteiger partial charge in [-0.25, -0.2) is 4.98 Å². The molecule has 1 aromatic heterocycles. The van der Waals surface area contributed by atoms with Crippen molar-refractivity contribution in [2.75, 3.05) is 0 Å². The van der Waals surface area contributed by atoms with Gasteiger partial charge in [-0.15, -0.1) is 0 Å². The summed E-state index contributed by atoms with van der Waals surface area (Å²) < 4.78 is 25.6. The van der Waals surface area contributed by atoms with Crippen LogP contribution in [0, 0.1) is 11.9 Å². The molecule has 5 heteroatoms. The van der Waals surface area contributed by atoms with E-state index in [1.807, 2.05) is 33.8 Å². The summed E-state index contributed by atoms with van der Waals surface area (Å²) in [5.41, 5.74) is 0.599. The highest BCUT2D eigenvalue weighted by atomic mass is 19.1. The number of hydrogen-bond acceptors (Lipinski definition) is 3. The smallest absolute Gasteiger partial charge is 0.399 e. The second-order valence-corrected chi connectivity index (χ2v) is 6.90. The minimum atomic E-state index is -0.539. The standard InChI is InChI=1S/C15H23BFNO2/c1-10(2)7-12-8-11(9-13(17)18-12)16-19-14(3,4)15(5,6)20-16/h8-10H,7H2,1-6H3. The van der Waals surface area contributed by atoms with Crippen LogP contribution in [0.2, 0.25) is 0 Å². The van der Waals surface area contributed by atoms with Crippen LogP contribution in [0.1, 0.15) is 47.2 Å². The molecule has 0 unspecified atom stereocenters. The molecule has 0 radical (unpaired) electrons. The molecule has 0 saturated carbocycles. The molecule has 20 heavy (non-hydrogen) atoms. The summed E-state index contributed by atoms with van der Waals surface area (Å²) in [7, 11) is -0.539. The van der Waals surface area contributed by atoms with Gasteiger partial charge in [0.1, 0.15) is 0 Å². The number of rotatable bonds is 3. The molecule has 0 bridgehead atoms. The zero-order chi connectivity index (χ0) is 15.1. The fourth-order valence-corrected chi connectivity index (χ4v) is 2.21. The zero-order valence-corrected chi connectivity index (χ0v) is 13.2. The Balaban J connectivity index is 2.28. The van der Waals surface area contributed by atoms with Crippen molar-refractivity contribution in [2.24, 2.45) is 5.92 Å². The first-order valence-electron chi connectivity index (χ1n) is 7.13. The number of aromatic nitrogens is 1. The van der Waals surface area contributed by atoms with Gasteiger partial charge in [-0.3, -0.25) is 0 Å². The predicted octanol–water partition coefficient (Wildman–Crippen LogP) is 2.72. The molecule has 1 fully saturated rings. The van der Waals surface area contributed by atoms with Crippen LogP contribution in [0.3, 0.4) is 0 Å². The second-order valence-electron chi connectivity index (χ2n) is 6.90. The Hall–Kier alpha value is -0.935. The summed E-state index contributed by atoms with van der Waals surface area (Å²) in [5, 5.41) is 0. The van der Waals surface area contributed by atoms with Gasteiger partial charge in [0.25, 0.3) is 0 Å². The summed E-state index contributed by atoms with van der Waals surface area (Å²) in [6.45, 7) is 12.1. The first-order valence-corrected chi connectivity index (χ1v) is 7.13. The first-order chi connectivity index (χ1) is 9.10. The quantitative estimate of drug-likeness (QED) is 0.629. The second kappa shape index (κ2) is 5.12. The molecule has 0 amide bonds. The highest BCUT2D eigenvalue weighted by Crippen LogP contribution is 2.36. The minimum Gasteiger partial charge on any atom is -0.399 e. The van der Waals surface area contributed by atoms with Crippen molar-refractivity contribution in [3.05, 3.63) is 23.8 Å². The monoisotopic (exact) mass is 279 g/mol. The Morgan fingerprint density at radius 3 is 2.20 bits per heavy atom. The molecule has 0 aromatic carbocycles. The number of hydrogen-bond donors (Lipinski definition) is 0. The Morgan fingerprint density at radius 2 is 1.70 bits per heavy atom. The summed E-state index contributed by atoms with van der Waals surface area (Å²) in [5.74, 6) is -0.0525. The summed E-state index contributed by atoms with van der Waals surface area (Å²) in [4.78, 5) is 3.94. The van der Waals surface area contributed by atoms with Gasteiger partial charge in [-0.2, -0.15) is 4.39 Å². The molecule has 0 spiro atoms. The molecular weight excluding hydrogens is 256 g/mol. The van der Waals surface area contributed by atoms with Gasteiger partial charge in [0.2, 0.25) is 5.95 Å². The maximum atomic E-state index is 13.7. The minimum absolute atomic E-state index is 0.421. The molecule has 3 nitrogen and oxygen atoms in total. The Labute approximate surface area is 121 Å². The zero-order valence-electron chi connectivity index (χ0n) is 13.2. The molecule has 0 N–H and O–H groups in total. The Morgan fingerprint density at radius 1 is 1.15 bits per heavy atom. The molecule has 1 aliphatic heterocycles. The molecule has 1 aliphatic rings. The average molecular weight is 279 g/mol. The van der Waals surface area contributed by atoms with Crippen LogP contribution in [0.25, 0.3) is 0 Å². The van der Waals surface area contributed by atoms with Crippen LogP contribution >= 0.6 is 0 Å². The van der Waals surface area contributed by atoms with Crippen molar-refractivity contribution in [3.8, 4) is 0 Å². The van der Waals surface area contributed by atoms with E-state index in [-0.39, 0.29) is 0 Å². The number of halogens is 1. The lowest BCUT2D eigenvalue weighted by atomic mass is 9.79. The summed E-state index contributed by atoms with van der Waals surface area (Å²) >= 11 is 0. The molecule has 110 valence electrons. The Bertz CT molecular complexity index is 487. The van der Waals surface area contributed by atoms with Crippen molar-refractivity contribution < 1.29 is 13.7 Å². The number of nitrogens with zero attached hydrogens (tertiary/aromatic N) is 1. The van der Waals surface area contributed by atoms with Gasteiger partial charge < -0.3 is 9.31 Å². The van der Waals surface area contributed by atoms with Crippen LogP contribution in [-0.4, -0.2) is 23.3 Å². The van der Waals surface area contributed by atoms with Crippen LogP contribution in [0.4, 0.5) is 4.39 Å². The maximum absolute atomic E-state index is 13.7. The summed E-state index contributed by atoms with van der Waals surface area (Å²) in [6, 6.07) is 3.28. The molecule has 2 heterocycles. The van der Waals surface area contributed by atoms with Gasteiger partial charge in [0.05, 0.1) is 11.2 Å². The van der Waals surface area contributed by atoms with E-state index in [4.69, 9.17) is 9.31 Å². The van der Waals surface area contributed by atoms with E-state index in [0.717, 1.165) is 12.1 Å². The maximum Gasteiger partial charge on any atom is 0.495 e.